The summed E-state index contributed by atoms with van der Waals surface area (Å²) in [4.78, 5) is 11.6. The molecule has 5 nitrogen and oxygen atoms in total. The van der Waals surface area contributed by atoms with Crippen molar-refractivity contribution in [1.82, 2.24) is 5.32 Å². The van der Waals surface area contributed by atoms with E-state index in [0.717, 1.165) is 29.0 Å². The number of amides is 1. The number of benzene rings is 2. The largest absolute Gasteiger partial charge is 0.486 e. The maximum Gasteiger partial charge on any atom is 0.407 e. The van der Waals surface area contributed by atoms with Gasteiger partial charge in [0.1, 0.15) is 19.8 Å². The molecule has 0 aliphatic carbocycles. The highest BCUT2D eigenvalue weighted by atomic mass is 16.6. The molecule has 130 valence electrons. The van der Waals surface area contributed by atoms with Gasteiger partial charge in [0.15, 0.2) is 11.5 Å². The summed E-state index contributed by atoms with van der Waals surface area (Å²) < 4.78 is 16.2. The van der Waals surface area contributed by atoms with Gasteiger partial charge in [-0.15, -0.1) is 0 Å². The van der Waals surface area contributed by atoms with Crippen LogP contribution in [0.3, 0.4) is 0 Å². The van der Waals surface area contributed by atoms with E-state index < -0.39 is 6.09 Å². The molecule has 3 rings (SSSR count). The number of rotatable bonds is 6. The molecule has 25 heavy (non-hydrogen) atoms. The van der Waals surface area contributed by atoms with Gasteiger partial charge in [-0.25, -0.2) is 4.79 Å². The van der Waals surface area contributed by atoms with Crippen LogP contribution in [-0.2, 0) is 11.3 Å². The van der Waals surface area contributed by atoms with Crippen LogP contribution in [0.2, 0.25) is 0 Å². The number of carbonyl (C=O) groups is 1. The predicted molar refractivity (Wildman–Crippen MR) is 95.7 cm³/mol. The van der Waals surface area contributed by atoms with Gasteiger partial charge < -0.3 is 19.5 Å². The van der Waals surface area contributed by atoms with Crippen LogP contribution in [0.15, 0.2) is 54.6 Å². The zero-order valence-corrected chi connectivity index (χ0v) is 13.9. The first-order valence-electron chi connectivity index (χ1n) is 8.32. The van der Waals surface area contributed by atoms with Crippen molar-refractivity contribution < 1.29 is 19.0 Å². The van der Waals surface area contributed by atoms with Crippen molar-refractivity contribution in [2.24, 2.45) is 0 Å². The fourth-order valence-corrected chi connectivity index (χ4v) is 2.41. The zero-order chi connectivity index (χ0) is 17.3. The Morgan fingerprint density at radius 2 is 1.88 bits per heavy atom. The molecule has 1 aliphatic rings. The van der Waals surface area contributed by atoms with E-state index >= 15 is 0 Å². The molecule has 0 radical (unpaired) electrons. The van der Waals surface area contributed by atoms with Gasteiger partial charge in [-0.1, -0.05) is 48.6 Å². The van der Waals surface area contributed by atoms with Crippen LogP contribution in [0.1, 0.15) is 17.5 Å². The lowest BCUT2D eigenvalue weighted by Crippen LogP contribution is -2.24. The number of carbonyl (C=O) groups excluding carboxylic acids is 1. The molecule has 1 N–H and O–H groups in total. The van der Waals surface area contributed by atoms with Crippen molar-refractivity contribution in [3.8, 4) is 11.5 Å². The Hall–Kier alpha value is -2.95. The summed E-state index contributed by atoms with van der Waals surface area (Å²) in [5, 5.41) is 2.73. The van der Waals surface area contributed by atoms with Crippen molar-refractivity contribution in [1.29, 1.82) is 0 Å². The van der Waals surface area contributed by atoms with Crippen LogP contribution in [0.25, 0.3) is 6.08 Å². The Morgan fingerprint density at radius 3 is 2.72 bits per heavy atom. The first kappa shape index (κ1) is 16.9. The first-order valence-corrected chi connectivity index (χ1v) is 8.32. The van der Waals surface area contributed by atoms with E-state index in [4.69, 9.17) is 14.2 Å². The van der Waals surface area contributed by atoms with Gasteiger partial charge in [-0.3, -0.25) is 0 Å². The molecule has 0 bridgehead atoms. The minimum absolute atomic E-state index is 0.277. The van der Waals surface area contributed by atoms with Gasteiger partial charge in [-0.2, -0.15) is 0 Å². The smallest absolute Gasteiger partial charge is 0.407 e. The molecule has 0 aromatic heterocycles. The maximum atomic E-state index is 11.6. The second-order valence-corrected chi connectivity index (χ2v) is 5.58. The monoisotopic (exact) mass is 339 g/mol. The highest BCUT2D eigenvalue weighted by Crippen LogP contribution is 2.31. The summed E-state index contributed by atoms with van der Waals surface area (Å²) in [5.74, 6) is 1.56. The molecule has 0 saturated carbocycles. The molecule has 5 heteroatoms. The zero-order valence-electron chi connectivity index (χ0n) is 13.9. The van der Waals surface area contributed by atoms with E-state index in [9.17, 15) is 4.79 Å². The van der Waals surface area contributed by atoms with Crippen LogP contribution in [0.5, 0.6) is 11.5 Å². The number of hydrogen-bond acceptors (Lipinski definition) is 4. The average molecular weight is 339 g/mol. The lowest BCUT2D eigenvalue weighted by atomic mass is 10.1. The summed E-state index contributed by atoms with van der Waals surface area (Å²) in [7, 11) is 0. The van der Waals surface area contributed by atoms with Crippen molar-refractivity contribution in [3.05, 3.63) is 65.7 Å². The normalized spacial score (nSPS) is 12.8. The molecule has 1 amide bonds. The fraction of sp³-hybridized carbons (Fsp3) is 0.250. The Balaban J connectivity index is 1.36. The van der Waals surface area contributed by atoms with Crippen molar-refractivity contribution in [2.45, 2.75) is 13.0 Å². The SMILES string of the molecule is O=C(NCCC=Cc1ccc2c(c1)OCCO2)OCc1ccccc1. The fourth-order valence-electron chi connectivity index (χ4n) is 2.41. The van der Waals surface area contributed by atoms with E-state index in [1.54, 1.807) is 0 Å². The van der Waals surface area contributed by atoms with Crippen LogP contribution < -0.4 is 14.8 Å². The quantitative estimate of drug-likeness (QED) is 0.814. The summed E-state index contributed by atoms with van der Waals surface area (Å²) >= 11 is 0. The molecular weight excluding hydrogens is 318 g/mol. The summed E-state index contributed by atoms with van der Waals surface area (Å²) in [6.45, 7) is 1.97. The van der Waals surface area contributed by atoms with Crippen molar-refractivity contribution >= 4 is 12.2 Å². The number of fused-ring (bicyclic) bond motifs is 1. The molecule has 2 aromatic carbocycles. The minimum atomic E-state index is -0.406. The second-order valence-electron chi connectivity index (χ2n) is 5.58. The van der Waals surface area contributed by atoms with Gasteiger partial charge in [0, 0.05) is 6.54 Å². The molecule has 1 heterocycles. The molecule has 0 spiro atoms. The van der Waals surface area contributed by atoms with Crippen LogP contribution in [0, 0.1) is 0 Å². The lowest BCUT2D eigenvalue weighted by Gasteiger charge is -2.18. The topological polar surface area (TPSA) is 56.8 Å². The third-order valence-corrected chi connectivity index (χ3v) is 3.67. The average Bonchev–Trinajstić information content (AvgIpc) is 2.67. The number of ether oxygens (including phenoxy) is 3. The molecule has 0 atom stereocenters. The van der Waals surface area contributed by atoms with E-state index in [1.807, 2.05) is 60.7 Å². The lowest BCUT2D eigenvalue weighted by molar-refractivity contribution is 0.140. The molecule has 1 aliphatic heterocycles. The standard InChI is InChI=1S/C20H21NO4/c22-20(25-15-17-7-2-1-3-8-17)21-11-5-4-6-16-9-10-18-19(14-16)24-13-12-23-18/h1-4,6-10,14H,5,11-13,15H2,(H,21,22). The highest BCUT2D eigenvalue weighted by molar-refractivity contribution is 5.67. The molecular formula is C20H21NO4. The predicted octanol–water partition coefficient (Wildman–Crippen LogP) is 3.79. The Morgan fingerprint density at radius 1 is 1.08 bits per heavy atom. The summed E-state index contributed by atoms with van der Waals surface area (Å²) in [6.07, 6.45) is 4.31. The molecule has 0 fully saturated rings. The van der Waals surface area contributed by atoms with Crippen LogP contribution >= 0.6 is 0 Å². The van der Waals surface area contributed by atoms with E-state index in [0.29, 0.717) is 19.8 Å². The first-order chi connectivity index (χ1) is 12.3. The molecule has 0 unspecified atom stereocenters. The van der Waals surface area contributed by atoms with Crippen molar-refractivity contribution in [2.75, 3.05) is 19.8 Å². The number of alkyl carbamates (subject to hydrolysis) is 1. The Bertz CT molecular complexity index is 728. The van der Waals surface area contributed by atoms with Gasteiger partial charge >= 0.3 is 6.09 Å². The Labute approximate surface area is 147 Å². The van der Waals surface area contributed by atoms with Crippen molar-refractivity contribution in [3.63, 3.8) is 0 Å². The van der Waals surface area contributed by atoms with E-state index in [1.165, 1.54) is 0 Å². The molecule has 0 saturated heterocycles. The van der Waals surface area contributed by atoms with E-state index in [2.05, 4.69) is 5.32 Å². The maximum absolute atomic E-state index is 11.6. The van der Waals surface area contributed by atoms with Gasteiger partial charge in [0.25, 0.3) is 0 Å². The van der Waals surface area contributed by atoms with Gasteiger partial charge in [0.2, 0.25) is 0 Å². The third kappa shape index (κ3) is 5.28. The number of hydrogen-bond donors (Lipinski definition) is 1. The third-order valence-electron chi connectivity index (χ3n) is 3.67. The number of nitrogens with one attached hydrogen (secondary N) is 1. The van der Waals surface area contributed by atoms with E-state index in [-0.39, 0.29) is 6.61 Å². The van der Waals surface area contributed by atoms with Crippen LogP contribution in [-0.4, -0.2) is 25.9 Å². The summed E-state index contributed by atoms with van der Waals surface area (Å²) in [6, 6.07) is 15.4. The van der Waals surface area contributed by atoms with Gasteiger partial charge in [-0.05, 0) is 29.7 Å². The van der Waals surface area contributed by atoms with Gasteiger partial charge in [0.05, 0.1) is 0 Å². The summed E-state index contributed by atoms with van der Waals surface area (Å²) in [5.41, 5.74) is 2.01. The highest BCUT2D eigenvalue weighted by Gasteiger charge is 2.10. The minimum Gasteiger partial charge on any atom is -0.486 e. The Kier molecular flexibility index (Phi) is 5.93. The van der Waals surface area contributed by atoms with Crippen LogP contribution in [0.4, 0.5) is 4.79 Å². The molecule has 2 aromatic rings. The second kappa shape index (κ2) is 8.78.